The maximum atomic E-state index is 12.5. The lowest BCUT2D eigenvalue weighted by molar-refractivity contribution is -0.907. The summed E-state index contributed by atoms with van der Waals surface area (Å²) in [5.41, 5.74) is 2.56. The number of likely N-dealkylation sites (N-methyl/N-ethyl adjacent to an activating group) is 1. The van der Waals surface area contributed by atoms with Crippen molar-refractivity contribution in [2.24, 2.45) is 0 Å². The Kier molecular flexibility index (Phi) is 6.25. The Labute approximate surface area is 147 Å². The van der Waals surface area contributed by atoms with E-state index < -0.39 is 4.92 Å². The topological polar surface area (TPSA) is 76.7 Å². The zero-order chi connectivity index (χ0) is 18.4. The van der Waals surface area contributed by atoms with E-state index in [4.69, 9.17) is 0 Å². The van der Waals surface area contributed by atoms with Crippen LogP contribution < -0.4 is 10.2 Å². The predicted octanol–water partition coefficient (Wildman–Crippen LogP) is 2.20. The standard InChI is InChI=1S/C19H23N3O3/c1-4-15-9-11-16(12-10-15)13-21(3)14(2)19(23)20-17-7-5-6-8-18(17)22(24)25/h5-12,14H,4,13H2,1-3H3,(H,20,23)/p+1/t14-/m0/s1. The molecule has 0 aliphatic rings. The van der Waals surface area contributed by atoms with Crippen molar-refractivity contribution < 1.29 is 14.6 Å². The van der Waals surface area contributed by atoms with E-state index in [1.807, 2.05) is 14.0 Å². The van der Waals surface area contributed by atoms with Gasteiger partial charge < -0.3 is 10.2 Å². The Bertz CT molecular complexity index is 744. The summed E-state index contributed by atoms with van der Waals surface area (Å²) in [6.45, 7) is 4.64. The maximum Gasteiger partial charge on any atom is 0.292 e. The molecule has 0 aliphatic heterocycles. The molecule has 0 aliphatic carbocycles. The van der Waals surface area contributed by atoms with Crippen molar-refractivity contribution in [3.8, 4) is 0 Å². The lowest BCUT2D eigenvalue weighted by atomic mass is 10.1. The number of nitro benzene ring substituents is 1. The number of rotatable bonds is 7. The molecule has 2 atom stereocenters. The predicted molar refractivity (Wildman–Crippen MR) is 97.6 cm³/mol. The highest BCUT2D eigenvalue weighted by Crippen LogP contribution is 2.23. The van der Waals surface area contributed by atoms with E-state index in [1.54, 1.807) is 18.2 Å². The number of para-hydroxylation sites is 2. The van der Waals surface area contributed by atoms with Crippen molar-refractivity contribution >= 4 is 17.3 Å². The van der Waals surface area contributed by atoms with Gasteiger partial charge in [-0.05, 0) is 25.0 Å². The number of benzene rings is 2. The molecule has 2 rings (SSSR count). The van der Waals surface area contributed by atoms with E-state index in [-0.39, 0.29) is 23.3 Å². The Balaban J connectivity index is 2.02. The minimum atomic E-state index is -0.494. The molecule has 0 saturated heterocycles. The van der Waals surface area contributed by atoms with Crippen LogP contribution in [-0.2, 0) is 17.8 Å². The van der Waals surface area contributed by atoms with Gasteiger partial charge in [0.15, 0.2) is 6.04 Å². The number of nitrogens with zero attached hydrogens (tertiary/aromatic N) is 1. The van der Waals surface area contributed by atoms with Crippen LogP contribution in [0.25, 0.3) is 0 Å². The van der Waals surface area contributed by atoms with E-state index in [1.165, 1.54) is 11.6 Å². The third-order valence-electron chi connectivity index (χ3n) is 4.41. The molecular weight excluding hydrogens is 318 g/mol. The van der Waals surface area contributed by atoms with Gasteiger partial charge in [-0.25, -0.2) is 0 Å². The van der Waals surface area contributed by atoms with Crippen LogP contribution in [0.4, 0.5) is 11.4 Å². The fraction of sp³-hybridized carbons (Fsp3) is 0.316. The first-order valence-electron chi connectivity index (χ1n) is 8.36. The Morgan fingerprint density at radius 1 is 1.16 bits per heavy atom. The molecule has 0 saturated carbocycles. The fourth-order valence-corrected chi connectivity index (χ4v) is 2.57. The molecule has 6 nitrogen and oxygen atoms in total. The molecule has 6 heteroatoms. The van der Waals surface area contributed by atoms with Crippen LogP contribution in [0.2, 0.25) is 0 Å². The number of hydrogen-bond acceptors (Lipinski definition) is 3. The fourth-order valence-electron chi connectivity index (χ4n) is 2.57. The second-order valence-electron chi connectivity index (χ2n) is 6.18. The first-order valence-corrected chi connectivity index (χ1v) is 8.36. The number of quaternary nitrogens is 1. The average Bonchev–Trinajstić information content (AvgIpc) is 2.61. The van der Waals surface area contributed by atoms with Gasteiger partial charge in [-0.15, -0.1) is 0 Å². The number of nitrogens with one attached hydrogen (secondary N) is 2. The van der Waals surface area contributed by atoms with E-state index in [0.29, 0.717) is 6.54 Å². The van der Waals surface area contributed by atoms with Crippen molar-refractivity contribution in [1.29, 1.82) is 0 Å². The monoisotopic (exact) mass is 342 g/mol. The average molecular weight is 342 g/mol. The van der Waals surface area contributed by atoms with Gasteiger partial charge in [0.05, 0.1) is 12.0 Å². The number of carbonyl (C=O) groups excluding carboxylic acids is 1. The smallest absolute Gasteiger partial charge is 0.292 e. The largest absolute Gasteiger partial charge is 0.324 e. The van der Waals surface area contributed by atoms with Gasteiger partial charge in [-0.1, -0.05) is 43.3 Å². The van der Waals surface area contributed by atoms with Gasteiger partial charge in [0.2, 0.25) is 0 Å². The highest BCUT2D eigenvalue weighted by molar-refractivity contribution is 5.95. The zero-order valence-electron chi connectivity index (χ0n) is 14.8. The van der Waals surface area contributed by atoms with Gasteiger partial charge in [0, 0.05) is 11.6 Å². The number of nitro groups is 1. The summed E-state index contributed by atoms with van der Waals surface area (Å²) in [4.78, 5) is 24.0. The number of carbonyl (C=O) groups is 1. The van der Waals surface area contributed by atoms with Gasteiger partial charge in [-0.2, -0.15) is 0 Å². The third-order valence-corrected chi connectivity index (χ3v) is 4.41. The molecule has 1 amide bonds. The van der Waals surface area contributed by atoms with Crippen LogP contribution in [-0.4, -0.2) is 23.9 Å². The van der Waals surface area contributed by atoms with Gasteiger partial charge in [0.25, 0.3) is 11.6 Å². The molecule has 0 spiro atoms. The van der Waals surface area contributed by atoms with Crippen molar-refractivity contribution in [1.82, 2.24) is 0 Å². The van der Waals surface area contributed by atoms with Gasteiger partial charge in [0.1, 0.15) is 12.2 Å². The molecule has 2 aromatic carbocycles. The molecule has 132 valence electrons. The van der Waals surface area contributed by atoms with Crippen molar-refractivity contribution in [2.75, 3.05) is 12.4 Å². The van der Waals surface area contributed by atoms with Crippen LogP contribution in [0.3, 0.4) is 0 Å². The number of hydrogen-bond donors (Lipinski definition) is 2. The lowest BCUT2D eigenvalue weighted by Gasteiger charge is -2.21. The minimum absolute atomic E-state index is 0.101. The quantitative estimate of drug-likeness (QED) is 0.598. The van der Waals surface area contributed by atoms with Crippen LogP contribution in [0.5, 0.6) is 0 Å². The molecule has 0 aromatic heterocycles. The summed E-state index contributed by atoms with van der Waals surface area (Å²) >= 11 is 0. The van der Waals surface area contributed by atoms with E-state index >= 15 is 0 Å². The Hall–Kier alpha value is -2.73. The van der Waals surface area contributed by atoms with E-state index in [2.05, 4.69) is 36.5 Å². The normalized spacial score (nSPS) is 13.1. The molecule has 0 heterocycles. The molecule has 2 N–H and O–H groups in total. The van der Waals surface area contributed by atoms with Crippen LogP contribution in [0.15, 0.2) is 48.5 Å². The van der Waals surface area contributed by atoms with Gasteiger partial charge in [-0.3, -0.25) is 14.9 Å². The van der Waals surface area contributed by atoms with Gasteiger partial charge >= 0.3 is 0 Å². The summed E-state index contributed by atoms with van der Waals surface area (Å²) < 4.78 is 0. The number of anilines is 1. The second kappa shape index (κ2) is 8.39. The number of aryl methyl sites for hydroxylation is 1. The van der Waals surface area contributed by atoms with Crippen molar-refractivity contribution in [3.63, 3.8) is 0 Å². The lowest BCUT2D eigenvalue weighted by Crippen LogP contribution is -3.12. The molecule has 0 bridgehead atoms. The molecule has 1 unspecified atom stereocenters. The van der Waals surface area contributed by atoms with Crippen molar-refractivity contribution in [2.45, 2.75) is 32.9 Å². The van der Waals surface area contributed by atoms with E-state index in [9.17, 15) is 14.9 Å². The zero-order valence-corrected chi connectivity index (χ0v) is 14.8. The molecule has 0 radical (unpaired) electrons. The Morgan fingerprint density at radius 2 is 1.76 bits per heavy atom. The van der Waals surface area contributed by atoms with Crippen molar-refractivity contribution in [3.05, 3.63) is 69.8 Å². The SMILES string of the molecule is CCc1ccc(C[NH+](C)[C@@H](C)C(=O)Nc2ccccc2[N+](=O)[O-])cc1. The number of amides is 1. The third kappa shape index (κ3) is 4.87. The maximum absolute atomic E-state index is 12.5. The molecule has 0 fully saturated rings. The van der Waals surface area contributed by atoms with E-state index in [0.717, 1.165) is 16.9 Å². The highest BCUT2D eigenvalue weighted by Gasteiger charge is 2.24. The highest BCUT2D eigenvalue weighted by atomic mass is 16.6. The minimum Gasteiger partial charge on any atom is -0.324 e. The summed E-state index contributed by atoms with van der Waals surface area (Å²) in [7, 11) is 1.94. The van der Waals surface area contributed by atoms with Crippen LogP contribution >= 0.6 is 0 Å². The second-order valence-corrected chi connectivity index (χ2v) is 6.18. The molecule has 2 aromatic rings. The summed E-state index contributed by atoms with van der Waals surface area (Å²) in [6.07, 6.45) is 0.998. The molecular formula is C19H24N3O3+. The first-order chi connectivity index (χ1) is 11.9. The Morgan fingerprint density at radius 3 is 2.36 bits per heavy atom. The van der Waals surface area contributed by atoms with Crippen LogP contribution in [0.1, 0.15) is 25.0 Å². The summed E-state index contributed by atoms with van der Waals surface area (Å²) in [5, 5.41) is 13.7. The first kappa shape index (κ1) is 18.6. The van der Waals surface area contributed by atoms with Crippen LogP contribution in [0, 0.1) is 10.1 Å². The summed E-state index contributed by atoms with van der Waals surface area (Å²) in [6, 6.07) is 14.2. The summed E-state index contributed by atoms with van der Waals surface area (Å²) in [5.74, 6) is -0.239. The molecule has 25 heavy (non-hydrogen) atoms.